The van der Waals surface area contributed by atoms with Gasteiger partial charge in [0.05, 0.1) is 0 Å². The van der Waals surface area contributed by atoms with Crippen LogP contribution in [-0.4, -0.2) is 56.1 Å². The van der Waals surface area contributed by atoms with E-state index in [0.29, 0.717) is 53.9 Å². The molecule has 0 bridgehead atoms. The van der Waals surface area contributed by atoms with Crippen LogP contribution in [0.15, 0.2) is 40.3 Å². The molecule has 168 valence electrons. The number of benzene rings is 1. The van der Waals surface area contributed by atoms with E-state index in [1.165, 1.54) is 32.1 Å². The fourth-order valence-electron chi connectivity index (χ4n) is 5.11. The number of carbonyl (C=O) groups excluding carboxylic acids is 1. The molecule has 0 spiro atoms. The normalized spacial score (nSPS) is 22.4. The summed E-state index contributed by atoms with van der Waals surface area (Å²) in [7, 11) is -3.71. The first-order valence-corrected chi connectivity index (χ1v) is 13.0. The zero-order valence-electron chi connectivity index (χ0n) is 18.4. The minimum atomic E-state index is -3.71. The Bertz CT molecular complexity index is 963. The van der Waals surface area contributed by atoms with Gasteiger partial charge in [-0.05, 0) is 31.2 Å². The highest BCUT2D eigenvalue weighted by Crippen LogP contribution is 2.33. The Morgan fingerprint density at radius 3 is 2.48 bits per heavy atom. The lowest BCUT2D eigenvalue weighted by molar-refractivity contribution is -0.131. The van der Waals surface area contributed by atoms with E-state index >= 15 is 0 Å². The Kier molecular flexibility index (Phi) is 6.80. The molecule has 0 atom stereocenters. The van der Waals surface area contributed by atoms with Gasteiger partial charge in [-0.15, -0.1) is 4.40 Å². The smallest absolute Gasteiger partial charge is 0.285 e. The molecular formula is C24H33N3O3S. The van der Waals surface area contributed by atoms with Crippen LogP contribution in [0.1, 0.15) is 63.9 Å². The molecule has 1 amide bonds. The van der Waals surface area contributed by atoms with Gasteiger partial charge in [-0.1, -0.05) is 62.4 Å². The molecule has 1 aromatic carbocycles. The van der Waals surface area contributed by atoms with E-state index < -0.39 is 10.0 Å². The third-order valence-electron chi connectivity index (χ3n) is 6.82. The Morgan fingerprint density at radius 2 is 1.74 bits per heavy atom. The first-order valence-electron chi connectivity index (χ1n) is 11.6. The summed E-state index contributed by atoms with van der Waals surface area (Å²) in [5.41, 5.74) is 1.37. The zero-order chi connectivity index (χ0) is 21.8. The van der Waals surface area contributed by atoms with Crippen molar-refractivity contribution in [3.63, 3.8) is 0 Å². The molecule has 2 heterocycles. The number of rotatable bonds is 4. The molecule has 2 fully saturated rings. The lowest BCUT2D eigenvalue weighted by atomic mass is 9.86. The maximum absolute atomic E-state index is 12.8. The van der Waals surface area contributed by atoms with Crippen LogP contribution in [0.2, 0.25) is 0 Å². The Labute approximate surface area is 186 Å². The number of hydrogen-bond acceptors (Lipinski definition) is 4. The van der Waals surface area contributed by atoms with Gasteiger partial charge in [0.1, 0.15) is 10.7 Å². The molecule has 1 aliphatic carbocycles. The molecule has 0 unspecified atom stereocenters. The van der Waals surface area contributed by atoms with Gasteiger partial charge in [-0.3, -0.25) is 4.79 Å². The number of amidine groups is 1. The van der Waals surface area contributed by atoms with Gasteiger partial charge in [0.15, 0.2) is 0 Å². The van der Waals surface area contributed by atoms with Gasteiger partial charge < -0.3 is 9.80 Å². The summed E-state index contributed by atoms with van der Waals surface area (Å²) in [5, 5.41) is 0. The number of carbonyl (C=O) groups is 1. The van der Waals surface area contributed by atoms with Crippen LogP contribution in [0.5, 0.6) is 0 Å². The van der Waals surface area contributed by atoms with E-state index in [2.05, 4.69) is 4.40 Å². The molecule has 6 nitrogen and oxygen atoms in total. The molecule has 0 N–H and O–H groups in total. The standard InChI is InChI=1S/C24H33N3O3S/c1-19-23(21-11-6-3-7-12-21)31(29,30)25-24(19)27-16-8-15-26(17-18-27)22(28)14-13-20-9-4-2-5-10-20/h3,6-7,11-12,20H,2,4-5,8-10,13-18H2,1H3. The third kappa shape index (κ3) is 5.03. The highest BCUT2D eigenvalue weighted by molar-refractivity contribution is 8.00. The average molecular weight is 444 g/mol. The van der Waals surface area contributed by atoms with E-state index in [1.807, 2.05) is 47.1 Å². The first-order chi connectivity index (χ1) is 15.0. The molecule has 1 saturated carbocycles. The van der Waals surface area contributed by atoms with Gasteiger partial charge in [0.25, 0.3) is 10.0 Å². The van der Waals surface area contributed by atoms with Crippen molar-refractivity contribution >= 4 is 26.7 Å². The molecule has 2 aliphatic heterocycles. The lowest BCUT2D eigenvalue weighted by Crippen LogP contribution is -2.37. The van der Waals surface area contributed by atoms with Gasteiger partial charge >= 0.3 is 0 Å². The monoisotopic (exact) mass is 443 g/mol. The van der Waals surface area contributed by atoms with Crippen LogP contribution < -0.4 is 0 Å². The SMILES string of the molecule is CC1=C(c2ccccc2)S(=O)(=O)N=C1N1CCCN(C(=O)CCC2CCCCC2)CC1. The van der Waals surface area contributed by atoms with E-state index in [4.69, 9.17) is 0 Å². The molecular weight excluding hydrogens is 410 g/mol. The molecule has 31 heavy (non-hydrogen) atoms. The van der Waals surface area contributed by atoms with Crippen molar-refractivity contribution in [1.82, 2.24) is 9.80 Å². The number of amides is 1. The summed E-state index contributed by atoms with van der Waals surface area (Å²) < 4.78 is 29.7. The Hall–Kier alpha value is -2.15. The number of hydrogen-bond donors (Lipinski definition) is 0. The number of sulfonamides is 1. The van der Waals surface area contributed by atoms with E-state index in [0.717, 1.165) is 19.4 Å². The molecule has 7 heteroatoms. The topological polar surface area (TPSA) is 70.1 Å². The highest BCUT2D eigenvalue weighted by Gasteiger charge is 2.34. The van der Waals surface area contributed by atoms with Crippen LogP contribution in [0, 0.1) is 5.92 Å². The summed E-state index contributed by atoms with van der Waals surface area (Å²) in [5.74, 6) is 1.49. The quantitative estimate of drug-likeness (QED) is 0.704. The predicted octanol–water partition coefficient (Wildman–Crippen LogP) is 4.05. The molecule has 1 saturated heterocycles. The van der Waals surface area contributed by atoms with Crippen molar-refractivity contribution in [1.29, 1.82) is 0 Å². The van der Waals surface area contributed by atoms with Gasteiger partial charge in [-0.25, -0.2) is 0 Å². The average Bonchev–Trinajstić information content (AvgIpc) is 2.92. The van der Waals surface area contributed by atoms with Gasteiger partial charge in [0.2, 0.25) is 5.91 Å². The second-order valence-electron chi connectivity index (χ2n) is 8.97. The zero-order valence-corrected chi connectivity index (χ0v) is 19.2. The van der Waals surface area contributed by atoms with Crippen molar-refractivity contribution in [2.45, 2.75) is 58.3 Å². The first kappa shape index (κ1) is 22.1. The predicted molar refractivity (Wildman–Crippen MR) is 124 cm³/mol. The van der Waals surface area contributed by atoms with Crippen molar-refractivity contribution in [2.75, 3.05) is 26.2 Å². The van der Waals surface area contributed by atoms with E-state index in [1.54, 1.807) is 0 Å². The minimum absolute atomic E-state index is 0.241. The second-order valence-corrected chi connectivity index (χ2v) is 10.5. The van der Waals surface area contributed by atoms with E-state index in [9.17, 15) is 13.2 Å². The summed E-state index contributed by atoms with van der Waals surface area (Å²) in [6.45, 7) is 4.51. The fraction of sp³-hybridized carbons (Fsp3) is 0.583. The van der Waals surface area contributed by atoms with Crippen molar-refractivity contribution in [2.24, 2.45) is 10.3 Å². The lowest BCUT2D eigenvalue weighted by Gasteiger charge is -2.25. The Balaban J connectivity index is 1.40. The summed E-state index contributed by atoms with van der Waals surface area (Å²) in [4.78, 5) is 17.1. The fourth-order valence-corrected chi connectivity index (χ4v) is 6.60. The van der Waals surface area contributed by atoms with Crippen molar-refractivity contribution in [3.8, 4) is 0 Å². The van der Waals surface area contributed by atoms with Gasteiger partial charge in [-0.2, -0.15) is 8.42 Å². The summed E-state index contributed by atoms with van der Waals surface area (Å²) >= 11 is 0. The second kappa shape index (κ2) is 9.55. The molecule has 1 aromatic rings. The molecule has 3 aliphatic rings. The molecule has 4 rings (SSSR count). The van der Waals surface area contributed by atoms with Crippen LogP contribution in [0.25, 0.3) is 4.91 Å². The van der Waals surface area contributed by atoms with Crippen LogP contribution in [0.4, 0.5) is 0 Å². The Morgan fingerprint density at radius 1 is 1.00 bits per heavy atom. The maximum atomic E-state index is 12.8. The maximum Gasteiger partial charge on any atom is 0.285 e. The highest BCUT2D eigenvalue weighted by atomic mass is 32.2. The third-order valence-corrected chi connectivity index (χ3v) is 8.29. The van der Waals surface area contributed by atoms with Crippen LogP contribution >= 0.6 is 0 Å². The molecule has 0 aromatic heterocycles. The number of nitrogens with zero attached hydrogens (tertiary/aromatic N) is 3. The van der Waals surface area contributed by atoms with Crippen LogP contribution in [-0.2, 0) is 14.8 Å². The van der Waals surface area contributed by atoms with E-state index in [-0.39, 0.29) is 5.91 Å². The summed E-state index contributed by atoms with van der Waals surface area (Å²) in [6.07, 6.45) is 8.95. The molecule has 0 radical (unpaired) electrons. The minimum Gasteiger partial charge on any atom is -0.354 e. The van der Waals surface area contributed by atoms with Crippen molar-refractivity contribution in [3.05, 3.63) is 41.5 Å². The van der Waals surface area contributed by atoms with Crippen molar-refractivity contribution < 1.29 is 13.2 Å². The van der Waals surface area contributed by atoms with Gasteiger partial charge in [0, 0.05) is 38.2 Å². The van der Waals surface area contributed by atoms with Crippen LogP contribution in [0.3, 0.4) is 0 Å². The largest absolute Gasteiger partial charge is 0.354 e. The summed E-state index contributed by atoms with van der Waals surface area (Å²) in [6, 6.07) is 9.17.